The summed E-state index contributed by atoms with van der Waals surface area (Å²) in [6, 6.07) is 2.03. The number of aliphatic hydroxyl groups excluding tert-OH is 1. The standard InChI is InChI=1S/C27H32O6/c1-15(28)33-23-21(30)22-26(4,20(29)8-11-27(22)14-32-27)19-7-10-24(2)17(16-9-12-31-13-16)5-6-18(24)25(19,23)3/h6,8-9,11-13,17,19,21-23,30H,5,7,10,14H2,1-4H3/t17-,19-,21+,22+,23+,24-,25-,26-,27-/m0/s1. The summed E-state index contributed by atoms with van der Waals surface area (Å²) in [4.78, 5) is 25.9. The van der Waals surface area contributed by atoms with Gasteiger partial charge in [-0.05, 0) is 60.3 Å². The number of epoxide rings is 1. The predicted molar refractivity (Wildman–Crippen MR) is 119 cm³/mol. The first-order chi connectivity index (χ1) is 15.6. The van der Waals surface area contributed by atoms with Gasteiger partial charge in [-0.2, -0.15) is 0 Å². The van der Waals surface area contributed by atoms with Crippen molar-refractivity contribution in [2.24, 2.45) is 28.1 Å². The van der Waals surface area contributed by atoms with Gasteiger partial charge in [0.05, 0.1) is 25.2 Å². The van der Waals surface area contributed by atoms with Crippen LogP contribution in [-0.4, -0.2) is 41.3 Å². The van der Waals surface area contributed by atoms with Gasteiger partial charge in [0, 0.05) is 23.7 Å². The van der Waals surface area contributed by atoms with E-state index in [1.807, 2.05) is 25.3 Å². The monoisotopic (exact) mass is 452 g/mol. The zero-order chi connectivity index (χ0) is 23.4. The van der Waals surface area contributed by atoms with E-state index in [1.165, 1.54) is 12.5 Å². The maximum absolute atomic E-state index is 13.6. The van der Waals surface area contributed by atoms with E-state index in [9.17, 15) is 14.7 Å². The van der Waals surface area contributed by atoms with Crippen LogP contribution in [0.2, 0.25) is 0 Å². The third-order valence-electron chi connectivity index (χ3n) is 10.1. The molecule has 3 fully saturated rings. The van der Waals surface area contributed by atoms with Crippen molar-refractivity contribution in [1.29, 1.82) is 0 Å². The van der Waals surface area contributed by atoms with Crippen LogP contribution in [0.25, 0.3) is 0 Å². The van der Waals surface area contributed by atoms with Gasteiger partial charge >= 0.3 is 5.97 Å². The highest BCUT2D eigenvalue weighted by molar-refractivity contribution is 5.97. The average Bonchev–Trinajstić information content (AvgIpc) is 3.15. The van der Waals surface area contributed by atoms with Crippen molar-refractivity contribution in [2.75, 3.05) is 6.61 Å². The number of carbonyl (C=O) groups is 2. The van der Waals surface area contributed by atoms with Crippen LogP contribution in [0.1, 0.15) is 58.4 Å². The molecule has 4 aliphatic carbocycles. The Kier molecular flexibility index (Phi) is 4.19. The number of hydrogen-bond acceptors (Lipinski definition) is 6. The van der Waals surface area contributed by atoms with Crippen LogP contribution in [-0.2, 0) is 19.1 Å². The highest BCUT2D eigenvalue weighted by Gasteiger charge is 2.76. The molecule has 1 saturated heterocycles. The van der Waals surface area contributed by atoms with Gasteiger partial charge in [0.15, 0.2) is 5.78 Å². The Hall–Kier alpha value is -2.18. The van der Waals surface area contributed by atoms with Crippen molar-refractivity contribution in [2.45, 2.75) is 70.7 Å². The summed E-state index contributed by atoms with van der Waals surface area (Å²) in [5.41, 5.74) is 0.0850. The molecule has 176 valence electrons. The number of furan rings is 1. The third kappa shape index (κ3) is 2.46. The first-order valence-electron chi connectivity index (χ1n) is 12.0. The first-order valence-corrected chi connectivity index (χ1v) is 12.0. The van der Waals surface area contributed by atoms with Crippen LogP contribution in [0.3, 0.4) is 0 Å². The molecule has 6 nitrogen and oxygen atoms in total. The molecule has 9 atom stereocenters. The molecule has 0 aromatic carbocycles. The van der Waals surface area contributed by atoms with Gasteiger partial charge in [-0.1, -0.05) is 32.4 Å². The number of esters is 1. The van der Waals surface area contributed by atoms with E-state index in [2.05, 4.69) is 19.9 Å². The summed E-state index contributed by atoms with van der Waals surface area (Å²) >= 11 is 0. The van der Waals surface area contributed by atoms with E-state index < -0.39 is 40.5 Å². The molecular formula is C27H32O6. The fourth-order valence-electron chi connectivity index (χ4n) is 8.70. The lowest BCUT2D eigenvalue weighted by Crippen LogP contribution is -2.71. The molecule has 1 N–H and O–H groups in total. The molecule has 1 aromatic heterocycles. The molecule has 6 heteroatoms. The summed E-state index contributed by atoms with van der Waals surface area (Å²) in [5.74, 6) is -0.642. The Morgan fingerprint density at radius 2 is 2.00 bits per heavy atom. The Labute approximate surface area is 194 Å². The van der Waals surface area contributed by atoms with Crippen molar-refractivity contribution in [3.8, 4) is 0 Å². The minimum Gasteiger partial charge on any atom is -0.472 e. The van der Waals surface area contributed by atoms with Gasteiger partial charge < -0.3 is 19.0 Å². The SMILES string of the molecule is CC(=O)O[C@@H]1[C@H](O)[C@@H]2[C@](C)(C(=O)C=C[C@]23CO3)[C@H]2CC[C@]3(C)C(=CC[C@H]3c3ccoc3)[C@@]21C. The molecular weight excluding hydrogens is 420 g/mol. The van der Waals surface area contributed by atoms with Crippen LogP contribution < -0.4 is 0 Å². The Balaban J connectivity index is 1.52. The molecule has 1 aliphatic heterocycles. The first kappa shape index (κ1) is 21.4. The van der Waals surface area contributed by atoms with Crippen molar-refractivity contribution < 1.29 is 28.6 Å². The third-order valence-corrected chi connectivity index (χ3v) is 10.1. The van der Waals surface area contributed by atoms with Crippen LogP contribution in [0, 0.1) is 28.1 Å². The molecule has 5 aliphatic rings. The predicted octanol–water partition coefficient (Wildman–Crippen LogP) is 3.95. The molecule has 0 amide bonds. The highest BCUT2D eigenvalue weighted by atomic mass is 16.6. The molecule has 6 rings (SSSR count). The van der Waals surface area contributed by atoms with Crippen molar-refractivity contribution >= 4 is 11.8 Å². The van der Waals surface area contributed by atoms with E-state index in [1.54, 1.807) is 12.3 Å². The van der Waals surface area contributed by atoms with Crippen LogP contribution >= 0.6 is 0 Å². The Morgan fingerprint density at radius 1 is 1.24 bits per heavy atom. The lowest BCUT2D eigenvalue weighted by Gasteiger charge is -2.66. The quantitative estimate of drug-likeness (QED) is 0.415. The smallest absolute Gasteiger partial charge is 0.303 e. The van der Waals surface area contributed by atoms with Crippen molar-refractivity contribution in [3.05, 3.63) is 48.0 Å². The summed E-state index contributed by atoms with van der Waals surface area (Å²) in [5, 5.41) is 11.8. The topological polar surface area (TPSA) is 89.3 Å². The molecule has 2 saturated carbocycles. The molecule has 33 heavy (non-hydrogen) atoms. The van der Waals surface area contributed by atoms with Gasteiger partial charge in [0.1, 0.15) is 11.7 Å². The van der Waals surface area contributed by atoms with E-state index in [0.717, 1.165) is 24.8 Å². The summed E-state index contributed by atoms with van der Waals surface area (Å²) < 4.78 is 17.2. The number of allylic oxidation sites excluding steroid dienone is 2. The minimum atomic E-state index is -1.01. The van der Waals surface area contributed by atoms with Crippen LogP contribution in [0.4, 0.5) is 0 Å². The van der Waals surface area contributed by atoms with Gasteiger partial charge in [-0.3, -0.25) is 9.59 Å². The van der Waals surface area contributed by atoms with Gasteiger partial charge in [-0.25, -0.2) is 0 Å². The van der Waals surface area contributed by atoms with Gasteiger partial charge in [0.25, 0.3) is 0 Å². The average molecular weight is 453 g/mol. The van der Waals surface area contributed by atoms with Crippen LogP contribution in [0.5, 0.6) is 0 Å². The second-order valence-electron chi connectivity index (χ2n) is 11.5. The second-order valence-corrected chi connectivity index (χ2v) is 11.5. The largest absolute Gasteiger partial charge is 0.472 e. The second kappa shape index (κ2) is 6.48. The lowest BCUT2D eigenvalue weighted by molar-refractivity contribution is -0.226. The maximum atomic E-state index is 13.6. The highest BCUT2D eigenvalue weighted by Crippen LogP contribution is 2.73. The maximum Gasteiger partial charge on any atom is 0.303 e. The minimum absolute atomic E-state index is 0.0405. The number of ether oxygens (including phenoxy) is 2. The Morgan fingerprint density at radius 3 is 2.64 bits per heavy atom. The van der Waals surface area contributed by atoms with Gasteiger partial charge in [0.2, 0.25) is 0 Å². The zero-order valence-electron chi connectivity index (χ0n) is 19.7. The summed E-state index contributed by atoms with van der Waals surface area (Å²) in [6.07, 6.45) is 10.1. The molecule has 0 radical (unpaired) electrons. The number of fused-ring (bicyclic) bond motifs is 6. The number of ketones is 1. The normalized spacial score (nSPS) is 49.8. The van der Waals surface area contributed by atoms with Crippen LogP contribution in [0.15, 0.2) is 46.8 Å². The molecule has 1 aromatic rings. The zero-order valence-corrected chi connectivity index (χ0v) is 19.7. The molecule has 0 bridgehead atoms. The Bertz CT molecular complexity index is 1080. The van der Waals surface area contributed by atoms with E-state index >= 15 is 0 Å². The molecule has 0 unspecified atom stereocenters. The number of hydrogen-bond donors (Lipinski definition) is 1. The molecule has 2 heterocycles. The molecule has 1 spiro atoms. The lowest BCUT2D eigenvalue weighted by atomic mass is 9.38. The van der Waals surface area contributed by atoms with Crippen molar-refractivity contribution in [1.82, 2.24) is 0 Å². The number of aliphatic hydroxyl groups is 1. The van der Waals surface area contributed by atoms with E-state index in [4.69, 9.17) is 13.9 Å². The fourth-order valence-corrected chi connectivity index (χ4v) is 8.70. The number of carbonyl (C=O) groups excluding carboxylic acids is 2. The van der Waals surface area contributed by atoms with E-state index in [-0.39, 0.29) is 23.0 Å². The summed E-state index contributed by atoms with van der Waals surface area (Å²) in [6.45, 7) is 8.28. The van der Waals surface area contributed by atoms with Crippen molar-refractivity contribution in [3.63, 3.8) is 0 Å². The van der Waals surface area contributed by atoms with Gasteiger partial charge in [-0.15, -0.1) is 0 Å². The summed E-state index contributed by atoms with van der Waals surface area (Å²) in [7, 11) is 0. The van der Waals surface area contributed by atoms with E-state index in [0.29, 0.717) is 6.61 Å². The number of rotatable bonds is 2. The fraction of sp³-hybridized carbons (Fsp3) is 0.630.